The molecular formula is C27H26N6O4. The number of tetrazole rings is 1. The summed E-state index contributed by atoms with van der Waals surface area (Å²) in [6, 6.07) is 15.9. The summed E-state index contributed by atoms with van der Waals surface area (Å²) in [5.41, 5.74) is 4.18. The monoisotopic (exact) mass is 498 g/mol. The van der Waals surface area contributed by atoms with E-state index in [1.807, 2.05) is 53.1 Å². The quantitative estimate of drug-likeness (QED) is 0.367. The van der Waals surface area contributed by atoms with E-state index in [1.54, 1.807) is 0 Å². The van der Waals surface area contributed by atoms with Crippen LogP contribution in [0.1, 0.15) is 52.1 Å². The Balaban J connectivity index is 1.51. The van der Waals surface area contributed by atoms with Gasteiger partial charge in [0.15, 0.2) is 5.82 Å². The number of nitrogens with zero attached hydrogens (tertiary/aromatic N) is 5. The molecule has 0 spiro atoms. The van der Waals surface area contributed by atoms with E-state index in [0.717, 1.165) is 35.1 Å². The number of rotatable bonds is 9. The van der Waals surface area contributed by atoms with Crippen LogP contribution in [0.2, 0.25) is 0 Å². The van der Waals surface area contributed by atoms with Crippen LogP contribution < -0.4 is 0 Å². The molecule has 1 aliphatic rings. The van der Waals surface area contributed by atoms with Crippen molar-refractivity contribution >= 4 is 11.6 Å². The number of hydrogen-bond donors (Lipinski definition) is 1. The van der Waals surface area contributed by atoms with Gasteiger partial charge < -0.3 is 14.0 Å². The molecule has 0 unspecified atom stereocenters. The normalized spacial score (nSPS) is 13.2. The number of carbonyl (C=O) groups excluding carboxylic acids is 2. The maximum absolute atomic E-state index is 13.4. The van der Waals surface area contributed by atoms with Crippen LogP contribution in [0, 0.1) is 0 Å². The third kappa shape index (κ3) is 4.31. The second kappa shape index (κ2) is 10.2. The van der Waals surface area contributed by atoms with Crippen LogP contribution in [0.3, 0.4) is 0 Å². The van der Waals surface area contributed by atoms with Crippen molar-refractivity contribution < 1.29 is 19.1 Å². The summed E-state index contributed by atoms with van der Waals surface area (Å²) in [5.74, 6) is 0.211. The van der Waals surface area contributed by atoms with Gasteiger partial charge in [-0.15, -0.1) is 5.10 Å². The first-order valence-electron chi connectivity index (χ1n) is 12.0. The van der Waals surface area contributed by atoms with Crippen LogP contribution in [0.25, 0.3) is 22.5 Å². The summed E-state index contributed by atoms with van der Waals surface area (Å²) >= 11 is 0. The molecule has 0 aliphatic heterocycles. The second-order valence-electron chi connectivity index (χ2n) is 8.63. The van der Waals surface area contributed by atoms with Gasteiger partial charge in [0.25, 0.3) is 5.78 Å². The first-order valence-corrected chi connectivity index (χ1v) is 12.0. The molecule has 5 rings (SSSR count). The zero-order chi connectivity index (χ0) is 25.9. The molecule has 4 aromatic rings. The van der Waals surface area contributed by atoms with Crippen LogP contribution in [0.5, 0.6) is 0 Å². The largest absolute Gasteiger partial charge is 0.489 e. The molecular weight excluding hydrogens is 472 g/mol. The van der Waals surface area contributed by atoms with Crippen molar-refractivity contribution in [2.45, 2.75) is 32.7 Å². The number of H-pyrrole nitrogens is 1. The minimum Gasteiger partial charge on any atom is -0.489 e. The lowest BCUT2D eigenvalue weighted by atomic mass is 9.98. The number of ketones is 2. The van der Waals surface area contributed by atoms with Crippen molar-refractivity contribution in [3.63, 3.8) is 0 Å². The molecule has 37 heavy (non-hydrogen) atoms. The number of nitrogens with one attached hydrogen (secondary N) is 1. The Morgan fingerprint density at radius 3 is 2.27 bits per heavy atom. The summed E-state index contributed by atoms with van der Waals surface area (Å²) < 4.78 is 12.3. The predicted molar refractivity (Wildman–Crippen MR) is 135 cm³/mol. The van der Waals surface area contributed by atoms with E-state index in [0.29, 0.717) is 24.6 Å². The van der Waals surface area contributed by atoms with Gasteiger partial charge in [-0.25, -0.2) is 10.1 Å². The smallest absolute Gasteiger partial charge is 0.252 e. The van der Waals surface area contributed by atoms with Gasteiger partial charge in [-0.05, 0) is 33.5 Å². The van der Waals surface area contributed by atoms with E-state index in [-0.39, 0.29) is 22.9 Å². The first kappa shape index (κ1) is 24.1. The molecule has 0 amide bonds. The van der Waals surface area contributed by atoms with E-state index in [4.69, 9.17) is 9.47 Å². The van der Waals surface area contributed by atoms with Gasteiger partial charge in [0.05, 0.1) is 14.2 Å². The lowest BCUT2D eigenvalue weighted by Crippen LogP contribution is -2.26. The van der Waals surface area contributed by atoms with Gasteiger partial charge in [0.2, 0.25) is 17.3 Å². The summed E-state index contributed by atoms with van der Waals surface area (Å²) in [4.78, 5) is 31.0. The Labute approximate surface area is 213 Å². The van der Waals surface area contributed by atoms with Crippen molar-refractivity contribution in [1.82, 2.24) is 30.2 Å². The molecule has 10 nitrogen and oxygen atoms in total. The minimum absolute atomic E-state index is 0.1000. The van der Waals surface area contributed by atoms with Crippen LogP contribution in [0.15, 0.2) is 60.0 Å². The second-order valence-corrected chi connectivity index (χ2v) is 8.63. The molecule has 0 bridgehead atoms. The lowest BCUT2D eigenvalue weighted by molar-refractivity contribution is 0.0820. The van der Waals surface area contributed by atoms with E-state index in [2.05, 4.69) is 32.5 Å². The topological polar surface area (TPSA) is 125 Å². The third-order valence-corrected chi connectivity index (χ3v) is 6.39. The van der Waals surface area contributed by atoms with Crippen molar-refractivity contribution in [3.05, 3.63) is 82.8 Å². The van der Waals surface area contributed by atoms with Gasteiger partial charge in [-0.2, -0.15) is 0 Å². The fraction of sp³-hybridized carbons (Fsp3) is 0.259. The van der Waals surface area contributed by atoms with E-state index in [9.17, 15) is 9.59 Å². The van der Waals surface area contributed by atoms with E-state index in [1.165, 1.54) is 14.2 Å². The zero-order valence-electron chi connectivity index (χ0n) is 20.8. The fourth-order valence-electron chi connectivity index (χ4n) is 4.56. The Kier molecular flexibility index (Phi) is 6.63. The van der Waals surface area contributed by atoms with Crippen molar-refractivity contribution in [2.75, 3.05) is 14.2 Å². The Hall–Kier alpha value is -4.60. The van der Waals surface area contributed by atoms with Gasteiger partial charge in [-0.3, -0.25) is 9.59 Å². The highest BCUT2D eigenvalue weighted by Crippen LogP contribution is 2.31. The van der Waals surface area contributed by atoms with E-state index < -0.39 is 11.6 Å². The number of allylic oxidation sites excluding steroid dienone is 2. The number of hydrogen-bond acceptors (Lipinski definition) is 8. The number of Topliss-reactive ketones (excluding diaryl/α,β-unsaturated/α-hetero) is 2. The Morgan fingerprint density at radius 2 is 1.62 bits per heavy atom. The molecule has 0 saturated heterocycles. The number of carbonyl (C=O) groups is 2. The Bertz CT molecular complexity index is 1490. The Morgan fingerprint density at radius 1 is 0.919 bits per heavy atom. The molecule has 0 radical (unpaired) electrons. The molecule has 1 aliphatic carbocycles. The minimum atomic E-state index is -0.445. The van der Waals surface area contributed by atoms with Crippen molar-refractivity contribution in [2.24, 2.45) is 0 Å². The molecule has 188 valence electrons. The van der Waals surface area contributed by atoms with Gasteiger partial charge in [-0.1, -0.05) is 61.9 Å². The fourth-order valence-corrected chi connectivity index (χ4v) is 4.56. The van der Waals surface area contributed by atoms with Crippen LogP contribution in [0.4, 0.5) is 0 Å². The number of unbranched alkanes of at least 4 members (excludes halogenated alkanes) is 1. The number of aromatic nitrogens is 6. The van der Waals surface area contributed by atoms with Crippen LogP contribution >= 0.6 is 0 Å². The van der Waals surface area contributed by atoms with Gasteiger partial charge in [0.1, 0.15) is 17.2 Å². The predicted octanol–water partition coefficient (Wildman–Crippen LogP) is 4.00. The number of ether oxygens (including phenoxy) is 2. The zero-order valence-corrected chi connectivity index (χ0v) is 20.8. The highest BCUT2D eigenvalue weighted by molar-refractivity contribution is 6.24. The van der Waals surface area contributed by atoms with Crippen LogP contribution in [-0.2, 0) is 22.4 Å². The number of aromatic amines is 1. The van der Waals surface area contributed by atoms with Gasteiger partial charge in [0, 0.05) is 18.5 Å². The molecule has 2 aromatic carbocycles. The first-order chi connectivity index (χ1) is 18.1. The maximum atomic E-state index is 13.4. The van der Waals surface area contributed by atoms with E-state index >= 15 is 0 Å². The van der Waals surface area contributed by atoms with Crippen molar-refractivity contribution in [1.29, 1.82) is 0 Å². The summed E-state index contributed by atoms with van der Waals surface area (Å²) in [5, 5.41) is 14.2. The summed E-state index contributed by atoms with van der Waals surface area (Å²) in [7, 11) is 2.70. The number of fused-ring (bicyclic) bond motifs is 1. The number of imidazole rings is 1. The SMILES string of the molecule is CCCCc1nc2c(n1Cc1ccc(-c3ccccc3-c3nnn[nH]3)cc1)C(=O)C(OC)=C(OC)C2=O. The number of benzene rings is 2. The summed E-state index contributed by atoms with van der Waals surface area (Å²) in [6.45, 7) is 2.47. The maximum Gasteiger partial charge on any atom is 0.252 e. The van der Waals surface area contributed by atoms with Crippen molar-refractivity contribution in [3.8, 4) is 22.5 Å². The van der Waals surface area contributed by atoms with Crippen LogP contribution in [-0.4, -0.2) is 56.0 Å². The highest BCUT2D eigenvalue weighted by atomic mass is 16.5. The average Bonchev–Trinajstić information content (AvgIpc) is 3.59. The molecule has 2 aromatic heterocycles. The molecule has 2 heterocycles. The average molecular weight is 499 g/mol. The molecule has 0 saturated carbocycles. The molecule has 10 heteroatoms. The molecule has 1 N–H and O–H groups in total. The number of aryl methyl sites for hydroxylation is 1. The standard InChI is InChI=1S/C27H26N6O4/c1-4-5-10-20-28-21-22(24(35)26(37-3)25(36-2)23(21)34)33(20)15-16-11-13-17(14-12-16)18-8-6-7-9-19(18)27-29-31-32-30-27/h6-9,11-14H,4-5,10,15H2,1-3H3,(H,29,30,31,32). The highest BCUT2D eigenvalue weighted by Gasteiger charge is 2.39. The number of methoxy groups -OCH3 is 2. The molecule has 0 atom stereocenters. The molecule has 0 fully saturated rings. The third-order valence-electron chi connectivity index (χ3n) is 6.39. The van der Waals surface area contributed by atoms with Gasteiger partial charge >= 0.3 is 0 Å². The summed E-state index contributed by atoms with van der Waals surface area (Å²) in [6.07, 6.45) is 2.48. The lowest BCUT2D eigenvalue weighted by Gasteiger charge is -2.18.